The minimum absolute atomic E-state index is 0.229. The maximum atomic E-state index is 12.3. The van der Waals surface area contributed by atoms with Crippen molar-refractivity contribution in [1.29, 1.82) is 0 Å². The molecule has 1 atom stereocenters. The monoisotopic (exact) mass is 263 g/mol. The van der Waals surface area contributed by atoms with Crippen molar-refractivity contribution in [1.82, 2.24) is 4.90 Å². The van der Waals surface area contributed by atoms with E-state index in [1.165, 1.54) is 16.7 Å². The van der Waals surface area contributed by atoms with Crippen LogP contribution in [0.15, 0.2) is 54.6 Å². The molecule has 1 saturated heterocycles. The number of nitrogens with zero attached hydrogens (tertiary/aromatic N) is 1. The molecule has 20 heavy (non-hydrogen) atoms. The van der Waals surface area contributed by atoms with Crippen molar-refractivity contribution in [2.24, 2.45) is 0 Å². The second-order valence-electron chi connectivity index (χ2n) is 5.68. The summed E-state index contributed by atoms with van der Waals surface area (Å²) in [4.78, 5) is 14.4. The smallest absolute Gasteiger partial charge is 0.223 e. The van der Waals surface area contributed by atoms with E-state index in [9.17, 15) is 4.79 Å². The standard InChI is InChI=1S/C18H17NO/c20-17-10-12-18(15-7-2-1-3-8-15)16-9-5-4-6-14(16)11-13-19(17)18/h1-9H,10-13H2. The summed E-state index contributed by atoms with van der Waals surface area (Å²) in [6.07, 6.45) is 2.52. The van der Waals surface area contributed by atoms with Crippen molar-refractivity contribution >= 4 is 5.91 Å². The van der Waals surface area contributed by atoms with Crippen LogP contribution in [-0.2, 0) is 16.8 Å². The summed E-state index contributed by atoms with van der Waals surface area (Å²) in [6, 6.07) is 19.1. The number of carbonyl (C=O) groups excluding carboxylic acids is 1. The lowest BCUT2D eigenvalue weighted by atomic mass is 9.75. The van der Waals surface area contributed by atoms with Gasteiger partial charge in [0, 0.05) is 13.0 Å². The Bertz CT molecular complexity index is 664. The summed E-state index contributed by atoms with van der Waals surface area (Å²) in [5, 5.41) is 0. The van der Waals surface area contributed by atoms with Crippen LogP contribution in [0, 0.1) is 0 Å². The van der Waals surface area contributed by atoms with Gasteiger partial charge in [0.25, 0.3) is 0 Å². The molecule has 0 spiro atoms. The third-order valence-corrected chi connectivity index (χ3v) is 4.78. The highest BCUT2D eigenvalue weighted by Gasteiger charge is 2.50. The van der Waals surface area contributed by atoms with Crippen molar-refractivity contribution in [2.45, 2.75) is 24.8 Å². The van der Waals surface area contributed by atoms with Crippen LogP contribution >= 0.6 is 0 Å². The zero-order valence-corrected chi connectivity index (χ0v) is 11.4. The third-order valence-electron chi connectivity index (χ3n) is 4.78. The van der Waals surface area contributed by atoms with E-state index in [1.54, 1.807) is 0 Å². The Morgan fingerprint density at radius 2 is 1.65 bits per heavy atom. The second-order valence-corrected chi connectivity index (χ2v) is 5.68. The fourth-order valence-electron chi connectivity index (χ4n) is 3.91. The molecular formula is C18H17NO. The number of hydrogen-bond donors (Lipinski definition) is 0. The molecule has 0 aromatic heterocycles. The molecule has 4 rings (SSSR count). The Morgan fingerprint density at radius 1 is 0.900 bits per heavy atom. The van der Waals surface area contributed by atoms with E-state index >= 15 is 0 Å². The van der Waals surface area contributed by atoms with Crippen molar-refractivity contribution in [3.63, 3.8) is 0 Å². The first-order valence-corrected chi connectivity index (χ1v) is 7.27. The predicted octanol–water partition coefficient (Wildman–Crippen LogP) is 3.11. The van der Waals surface area contributed by atoms with Crippen molar-refractivity contribution in [3.05, 3.63) is 71.3 Å². The van der Waals surface area contributed by atoms with Crippen LogP contribution in [0.1, 0.15) is 29.5 Å². The van der Waals surface area contributed by atoms with E-state index in [1.807, 2.05) is 6.07 Å². The van der Waals surface area contributed by atoms with Gasteiger partial charge < -0.3 is 4.90 Å². The predicted molar refractivity (Wildman–Crippen MR) is 78.3 cm³/mol. The van der Waals surface area contributed by atoms with Crippen LogP contribution < -0.4 is 0 Å². The van der Waals surface area contributed by atoms with E-state index in [-0.39, 0.29) is 5.54 Å². The lowest BCUT2D eigenvalue weighted by Gasteiger charge is -2.44. The quantitative estimate of drug-likeness (QED) is 0.774. The van der Waals surface area contributed by atoms with E-state index in [0.717, 1.165) is 19.4 Å². The Morgan fingerprint density at radius 3 is 2.50 bits per heavy atom. The van der Waals surface area contributed by atoms with Gasteiger partial charge in [-0.05, 0) is 29.5 Å². The van der Waals surface area contributed by atoms with Gasteiger partial charge in [0.1, 0.15) is 0 Å². The maximum absolute atomic E-state index is 12.3. The summed E-state index contributed by atoms with van der Waals surface area (Å²) in [5.74, 6) is 0.295. The van der Waals surface area contributed by atoms with Crippen LogP contribution in [0.3, 0.4) is 0 Å². The zero-order chi connectivity index (χ0) is 13.6. The van der Waals surface area contributed by atoms with E-state index in [2.05, 4.69) is 53.4 Å². The highest BCUT2D eigenvalue weighted by atomic mass is 16.2. The SMILES string of the molecule is O=C1CCC2(c3ccccc3)c3ccccc3CCN12. The summed E-state index contributed by atoms with van der Waals surface area (Å²) in [6.45, 7) is 0.838. The van der Waals surface area contributed by atoms with E-state index in [0.29, 0.717) is 12.3 Å². The van der Waals surface area contributed by atoms with Crippen LogP contribution in [0.4, 0.5) is 0 Å². The van der Waals surface area contributed by atoms with E-state index < -0.39 is 0 Å². The molecular weight excluding hydrogens is 246 g/mol. The van der Waals surface area contributed by atoms with Gasteiger partial charge in [-0.2, -0.15) is 0 Å². The van der Waals surface area contributed by atoms with Crippen molar-refractivity contribution in [2.75, 3.05) is 6.54 Å². The molecule has 0 N–H and O–H groups in total. The molecule has 2 aliphatic heterocycles. The Hall–Kier alpha value is -2.09. The highest BCUT2D eigenvalue weighted by molar-refractivity contribution is 5.82. The minimum Gasteiger partial charge on any atom is -0.328 e. The molecule has 2 nitrogen and oxygen atoms in total. The first-order valence-electron chi connectivity index (χ1n) is 7.27. The molecule has 1 amide bonds. The summed E-state index contributed by atoms with van der Waals surface area (Å²) in [5.41, 5.74) is 3.73. The van der Waals surface area contributed by atoms with Gasteiger partial charge in [0.2, 0.25) is 5.91 Å². The molecule has 0 saturated carbocycles. The number of amides is 1. The van der Waals surface area contributed by atoms with Gasteiger partial charge in [-0.15, -0.1) is 0 Å². The molecule has 2 heteroatoms. The first kappa shape index (κ1) is 11.7. The Balaban J connectivity index is 2.00. The van der Waals surface area contributed by atoms with Gasteiger partial charge in [0.05, 0.1) is 5.54 Å². The van der Waals surface area contributed by atoms with Gasteiger partial charge >= 0.3 is 0 Å². The fraction of sp³-hybridized carbons (Fsp3) is 0.278. The minimum atomic E-state index is -0.229. The number of carbonyl (C=O) groups is 1. The van der Waals surface area contributed by atoms with Gasteiger partial charge in [-0.25, -0.2) is 0 Å². The summed E-state index contributed by atoms with van der Waals surface area (Å²) < 4.78 is 0. The molecule has 1 unspecified atom stereocenters. The lowest BCUT2D eigenvalue weighted by molar-refractivity contribution is -0.131. The zero-order valence-electron chi connectivity index (χ0n) is 11.4. The van der Waals surface area contributed by atoms with Crippen molar-refractivity contribution < 1.29 is 4.79 Å². The van der Waals surface area contributed by atoms with Crippen LogP contribution in [0.25, 0.3) is 0 Å². The van der Waals surface area contributed by atoms with Crippen molar-refractivity contribution in [3.8, 4) is 0 Å². The largest absolute Gasteiger partial charge is 0.328 e. The van der Waals surface area contributed by atoms with Crippen LogP contribution in [0.2, 0.25) is 0 Å². The second kappa shape index (κ2) is 4.20. The Kier molecular flexibility index (Phi) is 2.46. The number of fused-ring (bicyclic) bond motifs is 3. The van der Waals surface area contributed by atoms with Gasteiger partial charge in [-0.1, -0.05) is 54.6 Å². The molecule has 0 radical (unpaired) electrons. The molecule has 0 aliphatic carbocycles. The first-order chi connectivity index (χ1) is 9.82. The normalized spacial score (nSPS) is 24.4. The lowest BCUT2D eigenvalue weighted by Crippen LogP contribution is -2.48. The van der Waals surface area contributed by atoms with Gasteiger partial charge in [0.15, 0.2) is 0 Å². The molecule has 0 bridgehead atoms. The summed E-state index contributed by atoms with van der Waals surface area (Å²) >= 11 is 0. The molecule has 2 heterocycles. The highest BCUT2D eigenvalue weighted by Crippen LogP contribution is 2.48. The van der Waals surface area contributed by atoms with Crippen LogP contribution in [0.5, 0.6) is 0 Å². The molecule has 2 aromatic carbocycles. The molecule has 2 aromatic rings. The molecule has 2 aliphatic rings. The fourth-order valence-corrected chi connectivity index (χ4v) is 3.91. The van der Waals surface area contributed by atoms with Crippen LogP contribution in [-0.4, -0.2) is 17.4 Å². The topological polar surface area (TPSA) is 20.3 Å². The average Bonchev–Trinajstić information content (AvgIpc) is 2.87. The third kappa shape index (κ3) is 1.42. The maximum Gasteiger partial charge on any atom is 0.223 e. The van der Waals surface area contributed by atoms with Gasteiger partial charge in [-0.3, -0.25) is 4.79 Å². The molecule has 100 valence electrons. The average molecular weight is 263 g/mol. The number of hydrogen-bond acceptors (Lipinski definition) is 1. The molecule has 1 fully saturated rings. The van der Waals surface area contributed by atoms with E-state index in [4.69, 9.17) is 0 Å². The number of rotatable bonds is 1. The number of benzene rings is 2. The summed E-state index contributed by atoms with van der Waals surface area (Å²) in [7, 11) is 0. The Labute approximate surface area is 119 Å².